The fourth-order valence-corrected chi connectivity index (χ4v) is 4.81. The number of hydrogen-bond acceptors (Lipinski definition) is 4. The van der Waals surface area contributed by atoms with E-state index in [1.165, 1.54) is 0 Å². The smallest absolute Gasteiger partial charge is 0.343 e. The minimum Gasteiger partial charge on any atom is -0.462 e. The summed E-state index contributed by atoms with van der Waals surface area (Å²) in [4.78, 5) is 28.2. The number of amides is 1. The van der Waals surface area contributed by atoms with Crippen molar-refractivity contribution in [3.8, 4) is 17.2 Å². The Morgan fingerprint density at radius 2 is 1.77 bits per heavy atom. The molecular formula is C28H39N3O3Si. The molecule has 3 rings (SSSR count). The molecule has 0 bridgehead atoms. The van der Waals surface area contributed by atoms with Crippen molar-refractivity contribution in [2.45, 2.75) is 79.1 Å². The summed E-state index contributed by atoms with van der Waals surface area (Å²) in [7, 11) is -1.46. The van der Waals surface area contributed by atoms with E-state index in [1.807, 2.05) is 38.1 Å². The lowest BCUT2D eigenvalue weighted by molar-refractivity contribution is -0.124. The van der Waals surface area contributed by atoms with Gasteiger partial charge in [-0.3, -0.25) is 9.69 Å². The second kappa shape index (κ2) is 11.3. The van der Waals surface area contributed by atoms with E-state index in [9.17, 15) is 9.59 Å². The third-order valence-electron chi connectivity index (χ3n) is 6.25. The van der Waals surface area contributed by atoms with Gasteiger partial charge in [0.1, 0.15) is 13.6 Å². The first kappa shape index (κ1) is 26.7. The molecule has 1 aliphatic rings. The molecule has 1 amide bonds. The van der Waals surface area contributed by atoms with Gasteiger partial charge in [0.2, 0.25) is 5.91 Å². The summed E-state index contributed by atoms with van der Waals surface area (Å²) < 4.78 is 6.98. The number of hydrogen-bond donors (Lipinski definition) is 0. The molecule has 6 nitrogen and oxygen atoms in total. The minimum atomic E-state index is -1.46. The zero-order valence-corrected chi connectivity index (χ0v) is 23.2. The Morgan fingerprint density at radius 1 is 1.14 bits per heavy atom. The van der Waals surface area contributed by atoms with Crippen molar-refractivity contribution in [3.63, 3.8) is 0 Å². The Morgan fingerprint density at radius 3 is 2.31 bits per heavy atom. The predicted octanol–water partition coefficient (Wildman–Crippen LogP) is 5.85. The van der Waals surface area contributed by atoms with Gasteiger partial charge in [0, 0.05) is 23.7 Å². The second-order valence-corrected chi connectivity index (χ2v) is 15.6. The molecule has 0 unspecified atom stereocenters. The monoisotopic (exact) mass is 493 g/mol. The van der Waals surface area contributed by atoms with Crippen LogP contribution in [0.15, 0.2) is 30.5 Å². The standard InChI is InChI=1S/C28H39N3O3Si/c1-8-34-28(33)25-19-30(24-15-11-22(12-16-24)17-18-35(5,6)7)29-26(25)31(20(2)3)27(32)23-13-9-21(4)10-14-23/h11-12,15-16,19-21,23H,8-10,13-14H2,1-7H3. The van der Waals surface area contributed by atoms with Crippen LogP contribution in [0.4, 0.5) is 5.82 Å². The molecule has 1 heterocycles. The SMILES string of the molecule is CCOC(=O)c1cn(-c2ccc(C#C[Si](C)(C)C)cc2)nc1N(C(=O)C1CCC(C)CC1)C(C)C. The summed E-state index contributed by atoms with van der Waals surface area (Å²) in [5.74, 6) is 3.80. The van der Waals surface area contributed by atoms with E-state index < -0.39 is 14.0 Å². The number of aromatic nitrogens is 2. The molecule has 1 aromatic heterocycles. The molecule has 188 valence electrons. The van der Waals surface area contributed by atoms with Crippen LogP contribution in [0.5, 0.6) is 0 Å². The van der Waals surface area contributed by atoms with E-state index in [0.717, 1.165) is 36.9 Å². The van der Waals surface area contributed by atoms with Crippen LogP contribution in [0.2, 0.25) is 19.6 Å². The predicted molar refractivity (Wildman–Crippen MR) is 143 cm³/mol. The van der Waals surface area contributed by atoms with Crippen LogP contribution in [0, 0.1) is 23.3 Å². The van der Waals surface area contributed by atoms with Crippen LogP contribution >= 0.6 is 0 Å². The van der Waals surface area contributed by atoms with E-state index in [1.54, 1.807) is 22.7 Å². The number of rotatable bonds is 6. The number of anilines is 1. The van der Waals surface area contributed by atoms with Crippen molar-refractivity contribution in [1.82, 2.24) is 9.78 Å². The molecule has 0 N–H and O–H groups in total. The van der Waals surface area contributed by atoms with Crippen LogP contribution in [0.1, 0.15) is 69.3 Å². The number of carbonyl (C=O) groups excluding carboxylic acids is 2. The van der Waals surface area contributed by atoms with Crippen molar-refractivity contribution in [2.24, 2.45) is 11.8 Å². The Hall–Kier alpha value is -2.85. The average molecular weight is 494 g/mol. The maximum atomic E-state index is 13.6. The van der Waals surface area contributed by atoms with Gasteiger partial charge < -0.3 is 4.74 Å². The highest BCUT2D eigenvalue weighted by molar-refractivity contribution is 6.83. The maximum absolute atomic E-state index is 13.6. The van der Waals surface area contributed by atoms with Crippen LogP contribution in [0.3, 0.4) is 0 Å². The molecule has 1 fully saturated rings. The highest BCUT2D eigenvalue weighted by Crippen LogP contribution is 2.33. The molecule has 1 aromatic carbocycles. The third-order valence-corrected chi connectivity index (χ3v) is 7.13. The molecule has 0 aliphatic heterocycles. The van der Waals surface area contributed by atoms with E-state index in [0.29, 0.717) is 17.3 Å². The molecule has 1 saturated carbocycles. The molecule has 35 heavy (non-hydrogen) atoms. The van der Waals surface area contributed by atoms with Gasteiger partial charge in [-0.2, -0.15) is 0 Å². The lowest BCUT2D eigenvalue weighted by atomic mass is 9.82. The summed E-state index contributed by atoms with van der Waals surface area (Å²) in [6, 6.07) is 7.65. The molecule has 0 radical (unpaired) electrons. The van der Waals surface area contributed by atoms with Crippen molar-refractivity contribution in [1.29, 1.82) is 0 Å². The van der Waals surface area contributed by atoms with Crippen molar-refractivity contribution < 1.29 is 14.3 Å². The van der Waals surface area contributed by atoms with Gasteiger partial charge in [0.25, 0.3) is 0 Å². The quantitative estimate of drug-likeness (QED) is 0.288. The molecule has 0 spiro atoms. The summed E-state index contributed by atoms with van der Waals surface area (Å²) in [6.45, 7) is 14.8. The zero-order valence-electron chi connectivity index (χ0n) is 22.2. The summed E-state index contributed by atoms with van der Waals surface area (Å²) in [5.41, 5.74) is 5.42. The third kappa shape index (κ3) is 6.85. The van der Waals surface area contributed by atoms with Crippen LogP contribution < -0.4 is 4.90 Å². The molecule has 7 heteroatoms. The van der Waals surface area contributed by atoms with E-state index in [2.05, 4.69) is 38.0 Å². The lowest BCUT2D eigenvalue weighted by Gasteiger charge is -2.32. The van der Waals surface area contributed by atoms with Crippen molar-refractivity contribution in [2.75, 3.05) is 11.5 Å². The molecule has 2 aromatic rings. The van der Waals surface area contributed by atoms with Gasteiger partial charge in [-0.25, -0.2) is 9.48 Å². The number of nitrogens with zero attached hydrogens (tertiary/aromatic N) is 3. The van der Waals surface area contributed by atoms with Gasteiger partial charge in [-0.1, -0.05) is 32.5 Å². The van der Waals surface area contributed by atoms with Crippen molar-refractivity contribution in [3.05, 3.63) is 41.6 Å². The highest BCUT2D eigenvalue weighted by atomic mass is 28.3. The highest BCUT2D eigenvalue weighted by Gasteiger charge is 2.34. The van der Waals surface area contributed by atoms with Gasteiger partial charge in [0.15, 0.2) is 5.82 Å². The fourth-order valence-electron chi connectivity index (χ4n) is 4.29. The van der Waals surface area contributed by atoms with Crippen LogP contribution in [-0.4, -0.2) is 42.4 Å². The van der Waals surface area contributed by atoms with Crippen molar-refractivity contribution >= 4 is 25.8 Å². The first-order chi connectivity index (χ1) is 16.5. The van der Waals surface area contributed by atoms with Crippen LogP contribution in [-0.2, 0) is 9.53 Å². The van der Waals surface area contributed by atoms with E-state index >= 15 is 0 Å². The van der Waals surface area contributed by atoms with Gasteiger partial charge in [-0.05, 0) is 76.6 Å². The Kier molecular flexibility index (Phi) is 8.60. The maximum Gasteiger partial charge on any atom is 0.343 e. The van der Waals surface area contributed by atoms with Crippen LogP contribution in [0.25, 0.3) is 5.69 Å². The number of ether oxygens (including phenoxy) is 1. The topological polar surface area (TPSA) is 64.4 Å². The Labute approximate surface area is 211 Å². The van der Waals surface area contributed by atoms with E-state index in [4.69, 9.17) is 9.84 Å². The molecule has 0 saturated heterocycles. The summed E-state index contributed by atoms with van der Waals surface area (Å²) in [5, 5.41) is 4.74. The van der Waals surface area contributed by atoms with Gasteiger partial charge in [0.05, 0.1) is 12.3 Å². The second-order valence-electron chi connectivity index (χ2n) is 10.8. The largest absolute Gasteiger partial charge is 0.462 e. The molecule has 0 atom stereocenters. The fraction of sp³-hybridized carbons (Fsp3) is 0.536. The van der Waals surface area contributed by atoms with Gasteiger partial charge in [-0.15, -0.1) is 10.6 Å². The molecular weight excluding hydrogens is 454 g/mol. The first-order valence-electron chi connectivity index (χ1n) is 12.7. The average Bonchev–Trinajstić information content (AvgIpc) is 3.23. The number of benzene rings is 1. The van der Waals surface area contributed by atoms with Gasteiger partial charge >= 0.3 is 5.97 Å². The Balaban J connectivity index is 1.98. The lowest BCUT2D eigenvalue weighted by Crippen LogP contribution is -2.43. The first-order valence-corrected chi connectivity index (χ1v) is 16.2. The normalized spacial score (nSPS) is 18.1. The van der Waals surface area contributed by atoms with E-state index in [-0.39, 0.29) is 24.5 Å². The molecule has 1 aliphatic carbocycles. The number of esters is 1. The summed E-state index contributed by atoms with van der Waals surface area (Å²) in [6.07, 6.45) is 5.52. The minimum absolute atomic E-state index is 0.0414. The Bertz CT molecular complexity index is 1100. The number of carbonyl (C=O) groups is 2. The zero-order chi connectivity index (χ0) is 25.8. The summed E-state index contributed by atoms with van der Waals surface area (Å²) >= 11 is 0.